The van der Waals surface area contributed by atoms with Crippen LogP contribution in [-0.4, -0.2) is 21.8 Å². The van der Waals surface area contributed by atoms with Crippen molar-refractivity contribution in [3.63, 3.8) is 0 Å². The Labute approximate surface area is 111 Å². The van der Waals surface area contributed by atoms with Crippen LogP contribution in [0.5, 0.6) is 5.75 Å². The summed E-state index contributed by atoms with van der Waals surface area (Å²) in [6.07, 6.45) is 0.512. The lowest BCUT2D eigenvalue weighted by Gasteiger charge is -2.11. The molecule has 0 saturated heterocycles. The minimum Gasteiger partial charge on any atom is -0.495 e. The fourth-order valence-corrected chi connectivity index (χ4v) is 3.39. The molecule has 0 aliphatic heterocycles. The SMILES string of the molecule is COc1cccc(C=O)c1S(=O)(=O)c1ccccc1. The van der Waals surface area contributed by atoms with Crippen molar-refractivity contribution in [2.75, 3.05) is 7.11 Å². The molecule has 98 valence electrons. The van der Waals surface area contributed by atoms with E-state index in [1.807, 2.05) is 0 Å². The zero-order chi connectivity index (χ0) is 13.9. The summed E-state index contributed by atoms with van der Waals surface area (Å²) >= 11 is 0. The molecule has 5 heteroatoms. The van der Waals surface area contributed by atoms with Gasteiger partial charge in [0.15, 0.2) is 6.29 Å². The number of carbonyl (C=O) groups is 1. The van der Waals surface area contributed by atoms with E-state index in [0.717, 1.165) is 0 Å². The molecule has 0 amide bonds. The summed E-state index contributed by atoms with van der Waals surface area (Å²) in [6, 6.07) is 12.5. The maximum Gasteiger partial charge on any atom is 0.210 e. The second kappa shape index (κ2) is 5.24. The molecule has 0 aliphatic rings. The summed E-state index contributed by atoms with van der Waals surface area (Å²) in [5.41, 5.74) is 0.0863. The van der Waals surface area contributed by atoms with Gasteiger partial charge in [-0.3, -0.25) is 4.79 Å². The lowest BCUT2D eigenvalue weighted by molar-refractivity contribution is 0.112. The van der Waals surface area contributed by atoms with E-state index in [-0.39, 0.29) is 21.1 Å². The molecule has 0 aromatic heterocycles. The predicted molar refractivity (Wildman–Crippen MR) is 70.3 cm³/mol. The Balaban J connectivity index is 2.74. The third-order valence-corrected chi connectivity index (χ3v) is 4.55. The minimum absolute atomic E-state index is 0.0863. The number of methoxy groups -OCH3 is 1. The molecule has 0 N–H and O–H groups in total. The van der Waals surface area contributed by atoms with Gasteiger partial charge in [0, 0.05) is 5.56 Å². The van der Waals surface area contributed by atoms with Gasteiger partial charge in [0.1, 0.15) is 10.6 Å². The average Bonchev–Trinajstić information content (AvgIpc) is 2.47. The Bertz CT molecular complexity index is 691. The van der Waals surface area contributed by atoms with Gasteiger partial charge in [-0.2, -0.15) is 0 Å². The summed E-state index contributed by atoms with van der Waals surface area (Å²) in [5.74, 6) is 0.161. The van der Waals surface area contributed by atoms with Crippen LogP contribution in [0.3, 0.4) is 0 Å². The van der Waals surface area contributed by atoms with E-state index in [9.17, 15) is 13.2 Å². The molecular formula is C14H12O4S. The van der Waals surface area contributed by atoms with Gasteiger partial charge in [-0.15, -0.1) is 0 Å². The van der Waals surface area contributed by atoms with E-state index in [2.05, 4.69) is 0 Å². The number of ether oxygens (including phenoxy) is 1. The van der Waals surface area contributed by atoms with Crippen LogP contribution in [0.15, 0.2) is 58.3 Å². The number of sulfone groups is 1. The van der Waals surface area contributed by atoms with Crippen molar-refractivity contribution in [2.24, 2.45) is 0 Å². The zero-order valence-electron chi connectivity index (χ0n) is 10.2. The predicted octanol–water partition coefficient (Wildman–Crippen LogP) is 2.34. The summed E-state index contributed by atoms with van der Waals surface area (Å²) in [6.45, 7) is 0. The molecule has 2 aromatic carbocycles. The highest BCUT2D eigenvalue weighted by atomic mass is 32.2. The largest absolute Gasteiger partial charge is 0.495 e. The average molecular weight is 276 g/mol. The Morgan fingerprint density at radius 3 is 2.26 bits per heavy atom. The summed E-state index contributed by atoms with van der Waals surface area (Å²) in [5, 5.41) is 0. The molecule has 0 fully saturated rings. The number of rotatable bonds is 4. The van der Waals surface area contributed by atoms with Crippen molar-refractivity contribution in [3.8, 4) is 5.75 Å². The highest BCUT2D eigenvalue weighted by Crippen LogP contribution is 2.31. The number of benzene rings is 2. The monoisotopic (exact) mass is 276 g/mol. The quantitative estimate of drug-likeness (QED) is 0.804. The van der Waals surface area contributed by atoms with Gasteiger partial charge in [-0.25, -0.2) is 8.42 Å². The highest BCUT2D eigenvalue weighted by molar-refractivity contribution is 7.91. The first-order valence-corrected chi connectivity index (χ1v) is 7.02. The van der Waals surface area contributed by atoms with Gasteiger partial charge in [-0.05, 0) is 18.2 Å². The molecule has 0 saturated carbocycles. The smallest absolute Gasteiger partial charge is 0.210 e. The normalized spacial score (nSPS) is 11.0. The molecule has 0 atom stereocenters. The Hall–Kier alpha value is -2.14. The van der Waals surface area contributed by atoms with Crippen LogP contribution in [0, 0.1) is 0 Å². The van der Waals surface area contributed by atoms with E-state index in [1.165, 1.54) is 31.4 Å². The number of carbonyl (C=O) groups excluding carboxylic acids is 1. The van der Waals surface area contributed by atoms with Gasteiger partial charge in [-0.1, -0.05) is 30.3 Å². The number of hydrogen-bond acceptors (Lipinski definition) is 4. The lowest BCUT2D eigenvalue weighted by atomic mass is 10.2. The molecule has 0 spiro atoms. The first kappa shape index (κ1) is 13.3. The summed E-state index contributed by atoms with van der Waals surface area (Å²) in [4.78, 5) is 11.1. The third-order valence-electron chi connectivity index (χ3n) is 2.68. The summed E-state index contributed by atoms with van der Waals surface area (Å²) < 4.78 is 30.2. The molecule has 0 aliphatic carbocycles. The minimum atomic E-state index is -3.78. The van der Waals surface area contributed by atoms with Crippen LogP contribution in [0.2, 0.25) is 0 Å². The van der Waals surface area contributed by atoms with Gasteiger partial charge >= 0.3 is 0 Å². The molecular weight excluding hydrogens is 264 g/mol. The van der Waals surface area contributed by atoms with Crippen LogP contribution in [0.25, 0.3) is 0 Å². The van der Waals surface area contributed by atoms with E-state index < -0.39 is 9.84 Å². The van der Waals surface area contributed by atoms with E-state index in [1.54, 1.807) is 24.3 Å². The molecule has 2 aromatic rings. The van der Waals surface area contributed by atoms with Crippen LogP contribution in [0.4, 0.5) is 0 Å². The lowest BCUT2D eigenvalue weighted by Crippen LogP contribution is -2.07. The molecule has 0 radical (unpaired) electrons. The van der Waals surface area contributed by atoms with Crippen molar-refractivity contribution in [3.05, 3.63) is 54.1 Å². The van der Waals surface area contributed by atoms with Crippen molar-refractivity contribution in [2.45, 2.75) is 9.79 Å². The maximum atomic E-state index is 12.6. The second-order valence-electron chi connectivity index (χ2n) is 3.81. The Kier molecular flexibility index (Phi) is 3.66. The van der Waals surface area contributed by atoms with Crippen LogP contribution in [0.1, 0.15) is 10.4 Å². The molecule has 4 nitrogen and oxygen atoms in total. The molecule has 19 heavy (non-hydrogen) atoms. The molecule has 0 heterocycles. The first-order chi connectivity index (χ1) is 9.11. The molecule has 0 unspecified atom stereocenters. The molecule has 2 rings (SSSR count). The summed E-state index contributed by atoms with van der Waals surface area (Å²) in [7, 11) is -2.41. The Morgan fingerprint density at radius 1 is 1.00 bits per heavy atom. The number of hydrogen-bond donors (Lipinski definition) is 0. The van der Waals surface area contributed by atoms with Crippen LogP contribution in [-0.2, 0) is 9.84 Å². The van der Waals surface area contributed by atoms with Gasteiger partial charge in [0.2, 0.25) is 9.84 Å². The third kappa shape index (κ3) is 2.37. The van der Waals surface area contributed by atoms with E-state index in [0.29, 0.717) is 6.29 Å². The van der Waals surface area contributed by atoms with E-state index in [4.69, 9.17) is 4.74 Å². The van der Waals surface area contributed by atoms with Crippen LogP contribution >= 0.6 is 0 Å². The second-order valence-corrected chi connectivity index (χ2v) is 5.70. The number of aldehydes is 1. The fourth-order valence-electron chi connectivity index (χ4n) is 1.79. The topological polar surface area (TPSA) is 60.4 Å². The molecule has 0 bridgehead atoms. The van der Waals surface area contributed by atoms with Crippen molar-refractivity contribution < 1.29 is 17.9 Å². The standard InChI is InChI=1S/C14H12O4S/c1-18-13-9-5-6-11(10-15)14(13)19(16,17)12-7-3-2-4-8-12/h2-10H,1H3. The zero-order valence-corrected chi connectivity index (χ0v) is 11.1. The van der Waals surface area contributed by atoms with Crippen molar-refractivity contribution in [1.82, 2.24) is 0 Å². The first-order valence-electron chi connectivity index (χ1n) is 5.53. The van der Waals surface area contributed by atoms with Gasteiger partial charge in [0.05, 0.1) is 12.0 Å². The van der Waals surface area contributed by atoms with Crippen molar-refractivity contribution in [1.29, 1.82) is 0 Å². The highest BCUT2D eigenvalue weighted by Gasteiger charge is 2.25. The Morgan fingerprint density at radius 2 is 1.68 bits per heavy atom. The van der Waals surface area contributed by atoms with Crippen LogP contribution < -0.4 is 4.74 Å². The van der Waals surface area contributed by atoms with Gasteiger partial charge in [0.25, 0.3) is 0 Å². The maximum absolute atomic E-state index is 12.6. The van der Waals surface area contributed by atoms with E-state index >= 15 is 0 Å². The fraction of sp³-hybridized carbons (Fsp3) is 0.0714. The van der Waals surface area contributed by atoms with Crippen molar-refractivity contribution >= 4 is 16.1 Å². The van der Waals surface area contributed by atoms with Gasteiger partial charge < -0.3 is 4.74 Å².